The molecule has 284 valence electrons. The van der Waals surface area contributed by atoms with Crippen molar-refractivity contribution < 1.29 is 28.7 Å². The number of hydrogen-bond donors (Lipinski definition) is 4. The van der Waals surface area contributed by atoms with Crippen LogP contribution in [-0.4, -0.2) is 93.1 Å². The van der Waals surface area contributed by atoms with Crippen LogP contribution in [0.3, 0.4) is 0 Å². The number of carbonyl (C=O) groups excluding carboxylic acids is 4. The standard InChI is InChI=1S/C40H48N8O6/c1-21(2)32(45-39(51)53-5)37(49)47-17-7-9-30(47)35-41-27-15-12-24(20-29(27)43-35)23-11-14-26-25(19-23)13-16-28-34(26)44-36(42-28)31-10-8-18-48(31)38(50)33(22(3)4)46-40(52)54-6/h11-16,19-22,30-33H,7-10,17-18H2,1-6H3,(H,41,43)(H,42,44)(H,45,51)(H,46,52)/t30-,31-,32+,33+/m0/s1. The van der Waals surface area contributed by atoms with Crippen LogP contribution in [-0.2, 0) is 19.1 Å². The Labute approximate surface area is 313 Å². The fraction of sp³-hybridized carbons (Fsp3) is 0.450. The van der Waals surface area contributed by atoms with Gasteiger partial charge in [0.15, 0.2) is 0 Å². The van der Waals surface area contributed by atoms with Gasteiger partial charge in [-0.3, -0.25) is 9.59 Å². The lowest BCUT2D eigenvalue weighted by Gasteiger charge is -2.29. The van der Waals surface area contributed by atoms with E-state index in [1.807, 2.05) is 49.6 Å². The van der Waals surface area contributed by atoms with E-state index < -0.39 is 24.3 Å². The van der Waals surface area contributed by atoms with Crippen LogP contribution in [0.1, 0.15) is 77.1 Å². The zero-order valence-electron chi connectivity index (χ0n) is 31.6. The fourth-order valence-electron chi connectivity index (χ4n) is 7.91. The highest BCUT2D eigenvalue weighted by Crippen LogP contribution is 2.37. The molecule has 0 unspecified atom stereocenters. The molecule has 54 heavy (non-hydrogen) atoms. The van der Waals surface area contributed by atoms with Gasteiger partial charge in [0.2, 0.25) is 11.8 Å². The molecular weight excluding hydrogens is 688 g/mol. The third kappa shape index (κ3) is 6.92. The van der Waals surface area contributed by atoms with E-state index in [1.165, 1.54) is 14.2 Å². The molecule has 3 aromatic carbocycles. The number of amides is 4. The zero-order valence-corrected chi connectivity index (χ0v) is 31.6. The largest absolute Gasteiger partial charge is 0.453 e. The van der Waals surface area contributed by atoms with E-state index in [2.05, 4.69) is 57.0 Å². The minimum atomic E-state index is -0.699. The highest BCUT2D eigenvalue weighted by atomic mass is 16.5. The first-order valence-electron chi connectivity index (χ1n) is 18.7. The summed E-state index contributed by atoms with van der Waals surface area (Å²) in [6, 6.07) is 14.7. The molecule has 2 aliphatic heterocycles. The summed E-state index contributed by atoms with van der Waals surface area (Å²) < 4.78 is 9.55. The second kappa shape index (κ2) is 15.0. The monoisotopic (exact) mass is 736 g/mol. The van der Waals surface area contributed by atoms with E-state index in [4.69, 9.17) is 19.4 Å². The summed E-state index contributed by atoms with van der Waals surface area (Å²) in [7, 11) is 2.58. The Morgan fingerprint density at radius 1 is 0.704 bits per heavy atom. The van der Waals surface area contributed by atoms with Crippen LogP contribution in [0.2, 0.25) is 0 Å². The predicted octanol–water partition coefficient (Wildman–Crippen LogP) is 6.35. The Bertz CT molecular complexity index is 2230. The number of ether oxygens (including phenoxy) is 2. The first-order chi connectivity index (χ1) is 26.0. The summed E-state index contributed by atoms with van der Waals surface area (Å²) in [5, 5.41) is 7.45. The average molecular weight is 737 g/mol. The summed E-state index contributed by atoms with van der Waals surface area (Å²) in [5.74, 6) is 0.947. The Morgan fingerprint density at radius 3 is 1.81 bits per heavy atom. The molecule has 2 saturated heterocycles. The molecule has 0 saturated carbocycles. The smallest absolute Gasteiger partial charge is 0.407 e. The van der Waals surface area contributed by atoms with Crippen LogP contribution in [0, 0.1) is 11.8 Å². The quantitative estimate of drug-likeness (QED) is 0.136. The van der Waals surface area contributed by atoms with Gasteiger partial charge in [-0.05, 0) is 78.3 Å². The number of imidazole rings is 2. The van der Waals surface area contributed by atoms with Crippen molar-refractivity contribution in [3.63, 3.8) is 0 Å². The lowest BCUT2D eigenvalue weighted by Crippen LogP contribution is -2.51. The highest BCUT2D eigenvalue weighted by molar-refractivity contribution is 6.05. The van der Waals surface area contributed by atoms with Crippen molar-refractivity contribution in [1.82, 2.24) is 40.4 Å². The maximum Gasteiger partial charge on any atom is 0.407 e. The van der Waals surface area contributed by atoms with Crippen LogP contribution < -0.4 is 10.6 Å². The second-order valence-corrected chi connectivity index (χ2v) is 15.0. The van der Waals surface area contributed by atoms with Crippen molar-refractivity contribution in [2.24, 2.45) is 11.8 Å². The molecule has 4 N–H and O–H groups in total. The van der Waals surface area contributed by atoms with Crippen molar-refractivity contribution >= 4 is 56.8 Å². The molecule has 2 fully saturated rings. The van der Waals surface area contributed by atoms with E-state index in [9.17, 15) is 19.2 Å². The minimum Gasteiger partial charge on any atom is -0.453 e. The Hall–Kier alpha value is -5.66. The number of methoxy groups -OCH3 is 2. The number of fused-ring (bicyclic) bond motifs is 4. The number of likely N-dealkylation sites (tertiary alicyclic amines) is 2. The van der Waals surface area contributed by atoms with E-state index in [0.29, 0.717) is 13.1 Å². The van der Waals surface area contributed by atoms with Crippen molar-refractivity contribution in [1.29, 1.82) is 0 Å². The third-order valence-corrected chi connectivity index (χ3v) is 10.8. The SMILES string of the molecule is COC(=O)N[C@@H](C(=O)N1CCC[C@H]1c1nc2ccc(-c3ccc4c(ccc5[nH]c([C@@H]6CCCN6C(=O)[C@H](NC(=O)OC)C(C)C)nc54)c3)cc2[nH]1)C(C)C. The highest BCUT2D eigenvalue weighted by Gasteiger charge is 2.39. The van der Waals surface area contributed by atoms with Gasteiger partial charge in [-0.2, -0.15) is 0 Å². The van der Waals surface area contributed by atoms with Gasteiger partial charge < -0.3 is 39.9 Å². The number of aromatic nitrogens is 4. The van der Waals surface area contributed by atoms with Crippen LogP contribution in [0.25, 0.3) is 44.0 Å². The first kappa shape index (κ1) is 36.7. The Balaban J connectivity index is 1.13. The van der Waals surface area contributed by atoms with Crippen LogP contribution in [0.4, 0.5) is 9.59 Å². The zero-order chi connectivity index (χ0) is 38.3. The lowest BCUT2D eigenvalue weighted by atomic mass is 10.0. The maximum atomic E-state index is 13.7. The van der Waals surface area contributed by atoms with Gasteiger partial charge in [-0.1, -0.05) is 52.0 Å². The Morgan fingerprint density at radius 2 is 1.24 bits per heavy atom. The van der Waals surface area contributed by atoms with Crippen LogP contribution in [0.15, 0.2) is 48.5 Å². The summed E-state index contributed by atoms with van der Waals surface area (Å²) in [6.07, 6.45) is 1.97. The normalized spacial score (nSPS) is 18.5. The van der Waals surface area contributed by atoms with Gasteiger partial charge in [0.25, 0.3) is 0 Å². The number of nitrogens with one attached hydrogen (secondary N) is 4. The topological polar surface area (TPSA) is 175 Å². The fourth-order valence-corrected chi connectivity index (χ4v) is 7.91. The number of aromatic amines is 2. The molecule has 0 bridgehead atoms. The van der Waals surface area contributed by atoms with Crippen molar-refractivity contribution in [3.05, 3.63) is 60.2 Å². The Kier molecular flexibility index (Phi) is 10.2. The molecule has 2 aliphatic rings. The molecule has 4 heterocycles. The van der Waals surface area contributed by atoms with Gasteiger partial charge in [0, 0.05) is 18.5 Å². The molecule has 0 radical (unpaired) electrons. The van der Waals surface area contributed by atoms with Crippen molar-refractivity contribution in [2.45, 2.75) is 77.5 Å². The molecule has 0 spiro atoms. The summed E-state index contributed by atoms with van der Waals surface area (Å²) in [5.41, 5.74) is 5.47. The molecule has 7 rings (SSSR count). The van der Waals surface area contributed by atoms with Gasteiger partial charge in [-0.25, -0.2) is 19.6 Å². The van der Waals surface area contributed by atoms with Crippen molar-refractivity contribution in [2.75, 3.05) is 27.3 Å². The number of H-pyrrole nitrogens is 2. The van der Waals surface area contributed by atoms with E-state index in [0.717, 1.165) is 81.3 Å². The number of nitrogens with zero attached hydrogens (tertiary/aromatic N) is 4. The first-order valence-corrected chi connectivity index (χ1v) is 18.7. The average Bonchev–Trinajstić information content (AvgIpc) is 3.99. The molecule has 5 aromatic rings. The predicted molar refractivity (Wildman–Crippen MR) is 204 cm³/mol. The molecule has 0 aliphatic carbocycles. The summed E-state index contributed by atoms with van der Waals surface area (Å²) in [6.45, 7) is 8.78. The van der Waals surface area contributed by atoms with Gasteiger partial charge >= 0.3 is 12.2 Å². The lowest BCUT2D eigenvalue weighted by molar-refractivity contribution is -0.136. The summed E-state index contributed by atoms with van der Waals surface area (Å²) >= 11 is 0. The number of alkyl carbamates (subject to hydrolysis) is 2. The maximum absolute atomic E-state index is 13.7. The number of hydrogen-bond acceptors (Lipinski definition) is 8. The minimum absolute atomic E-state index is 0.113. The van der Waals surface area contributed by atoms with E-state index in [1.54, 1.807) is 0 Å². The van der Waals surface area contributed by atoms with E-state index >= 15 is 0 Å². The van der Waals surface area contributed by atoms with Gasteiger partial charge in [-0.15, -0.1) is 0 Å². The van der Waals surface area contributed by atoms with Gasteiger partial charge in [0.1, 0.15) is 23.7 Å². The number of carbonyl (C=O) groups is 4. The van der Waals surface area contributed by atoms with Crippen LogP contribution in [0.5, 0.6) is 0 Å². The number of rotatable bonds is 9. The summed E-state index contributed by atoms with van der Waals surface area (Å²) in [4.78, 5) is 71.9. The third-order valence-electron chi connectivity index (χ3n) is 10.8. The molecule has 2 aromatic heterocycles. The van der Waals surface area contributed by atoms with Gasteiger partial charge in [0.05, 0.1) is 48.4 Å². The molecule has 4 atom stereocenters. The molecule has 14 nitrogen and oxygen atoms in total. The molecular formula is C40H48N8O6. The van der Waals surface area contributed by atoms with Crippen LogP contribution >= 0.6 is 0 Å². The number of benzene rings is 3. The molecule has 14 heteroatoms. The van der Waals surface area contributed by atoms with E-state index in [-0.39, 0.29) is 35.7 Å². The van der Waals surface area contributed by atoms with Crippen molar-refractivity contribution in [3.8, 4) is 11.1 Å². The second-order valence-electron chi connectivity index (χ2n) is 15.0. The molecule has 4 amide bonds.